The first kappa shape index (κ1) is 10.8. The van der Waals surface area contributed by atoms with Gasteiger partial charge < -0.3 is 10.5 Å². The largest absolute Gasteiger partial charge is 0.398 e. The summed E-state index contributed by atoms with van der Waals surface area (Å²) in [5.74, 6) is 0. The molecule has 0 radical (unpaired) electrons. The Morgan fingerprint density at radius 1 is 1.41 bits per heavy atom. The fourth-order valence-electron chi connectivity index (χ4n) is 2.34. The van der Waals surface area contributed by atoms with Crippen LogP contribution >= 0.6 is 11.6 Å². The number of anilines is 1. The quantitative estimate of drug-likeness (QED) is 0.780. The van der Waals surface area contributed by atoms with Gasteiger partial charge in [-0.1, -0.05) is 17.7 Å². The molecule has 88 valence electrons. The lowest BCUT2D eigenvalue weighted by atomic mass is 10.0. The molecule has 0 saturated heterocycles. The van der Waals surface area contributed by atoms with Gasteiger partial charge in [-0.05, 0) is 18.6 Å². The van der Waals surface area contributed by atoms with Crippen LogP contribution < -0.4 is 5.73 Å². The third-order valence-corrected chi connectivity index (χ3v) is 3.56. The van der Waals surface area contributed by atoms with Gasteiger partial charge in [0.25, 0.3) is 0 Å². The molecule has 1 aliphatic heterocycles. The zero-order valence-corrected chi connectivity index (χ0v) is 10.3. The van der Waals surface area contributed by atoms with Crippen molar-refractivity contribution in [3.63, 3.8) is 0 Å². The predicted molar refractivity (Wildman–Crippen MR) is 69.3 cm³/mol. The van der Waals surface area contributed by atoms with Gasteiger partial charge >= 0.3 is 0 Å². The van der Waals surface area contributed by atoms with Crippen molar-refractivity contribution in [1.82, 2.24) is 4.98 Å². The number of hydrogen-bond donors (Lipinski definition) is 1. The van der Waals surface area contributed by atoms with Gasteiger partial charge in [0, 0.05) is 23.1 Å². The van der Waals surface area contributed by atoms with Gasteiger partial charge in [0.15, 0.2) is 0 Å². The first-order valence-corrected chi connectivity index (χ1v) is 6.00. The molecule has 1 aliphatic rings. The maximum Gasteiger partial charge on any atom is 0.0915 e. The average Bonchev–Trinajstić information content (AvgIpc) is 2.34. The highest BCUT2D eigenvalue weighted by Crippen LogP contribution is 2.34. The van der Waals surface area contributed by atoms with Crippen molar-refractivity contribution in [2.75, 3.05) is 12.3 Å². The van der Waals surface area contributed by atoms with Crippen molar-refractivity contribution in [2.45, 2.75) is 20.0 Å². The number of fused-ring (bicyclic) bond motifs is 2. The Morgan fingerprint density at radius 2 is 2.24 bits per heavy atom. The van der Waals surface area contributed by atoms with E-state index >= 15 is 0 Å². The van der Waals surface area contributed by atoms with Crippen LogP contribution in [-0.2, 0) is 17.8 Å². The third-order valence-electron chi connectivity index (χ3n) is 3.26. The van der Waals surface area contributed by atoms with Crippen molar-refractivity contribution in [1.29, 1.82) is 0 Å². The van der Waals surface area contributed by atoms with Crippen molar-refractivity contribution < 1.29 is 4.74 Å². The van der Waals surface area contributed by atoms with E-state index in [1.165, 1.54) is 0 Å². The predicted octanol–water partition coefficient (Wildman–Crippen LogP) is 2.85. The fraction of sp³-hybridized carbons (Fsp3) is 0.308. The number of rotatable bonds is 0. The number of halogens is 1. The summed E-state index contributed by atoms with van der Waals surface area (Å²) in [7, 11) is 0. The highest BCUT2D eigenvalue weighted by atomic mass is 35.5. The van der Waals surface area contributed by atoms with E-state index in [9.17, 15) is 0 Å². The Hall–Kier alpha value is -1.32. The first-order chi connectivity index (χ1) is 8.18. The summed E-state index contributed by atoms with van der Waals surface area (Å²) in [6.07, 6.45) is 0.805. The topological polar surface area (TPSA) is 48.1 Å². The SMILES string of the molecule is Cc1ccc(Cl)c2nc3c(c(N)c12)COCC3. The molecule has 4 heteroatoms. The first-order valence-electron chi connectivity index (χ1n) is 5.62. The summed E-state index contributed by atoms with van der Waals surface area (Å²) in [4.78, 5) is 4.64. The van der Waals surface area contributed by atoms with Crippen molar-refractivity contribution in [2.24, 2.45) is 0 Å². The van der Waals surface area contributed by atoms with E-state index in [-0.39, 0.29) is 0 Å². The van der Waals surface area contributed by atoms with Crippen LogP contribution in [0.2, 0.25) is 5.02 Å². The summed E-state index contributed by atoms with van der Waals surface area (Å²) in [6, 6.07) is 3.84. The molecule has 0 spiro atoms. The van der Waals surface area contributed by atoms with Gasteiger partial charge in [-0.2, -0.15) is 0 Å². The van der Waals surface area contributed by atoms with Gasteiger partial charge in [-0.3, -0.25) is 4.98 Å². The van der Waals surface area contributed by atoms with Crippen molar-refractivity contribution in [3.8, 4) is 0 Å². The molecule has 0 aliphatic carbocycles. The summed E-state index contributed by atoms with van der Waals surface area (Å²) in [6.45, 7) is 3.28. The molecule has 2 aromatic rings. The third kappa shape index (κ3) is 1.58. The highest BCUT2D eigenvalue weighted by Gasteiger charge is 2.18. The summed E-state index contributed by atoms with van der Waals surface area (Å²) in [5.41, 5.74) is 11.0. The van der Waals surface area contributed by atoms with E-state index in [1.54, 1.807) is 0 Å². The van der Waals surface area contributed by atoms with Crippen molar-refractivity contribution in [3.05, 3.63) is 34.0 Å². The molecule has 0 saturated carbocycles. The fourth-order valence-corrected chi connectivity index (χ4v) is 2.54. The number of pyridine rings is 1. The number of nitrogen functional groups attached to an aromatic ring is 1. The minimum atomic E-state index is 0.552. The maximum atomic E-state index is 6.23. The number of hydrogen-bond acceptors (Lipinski definition) is 3. The number of ether oxygens (including phenoxy) is 1. The normalized spacial score (nSPS) is 14.9. The minimum Gasteiger partial charge on any atom is -0.398 e. The number of nitrogens with two attached hydrogens (primary N) is 1. The monoisotopic (exact) mass is 248 g/mol. The number of benzene rings is 1. The Balaban J connectivity index is 2.44. The van der Waals surface area contributed by atoms with E-state index in [4.69, 9.17) is 22.1 Å². The van der Waals surface area contributed by atoms with Crippen molar-refractivity contribution >= 4 is 28.2 Å². The van der Waals surface area contributed by atoms with E-state index in [2.05, 4.69) is 4.98 Å². The molecule has 1 aromatic carbocycles. The lowest BCUT2D eigenvalue weighted by molar-refractivity contribution is 0.110. The van der Waals surface area contributed by atoms with E-state index in [1.807, 2.05) is 19.1 Å². The molecule has 0 unspecified atom stereocenters. The van der Waals surface area contributed by atoms with Crippen LogP contribution in [-0.4, -0.2) is 11.6 Å². The van der Waals surface area contributed by atoms with Gasteiger partial charge in [0.1, 0.15) is 0 Å². The van der Waals surface area contributed by atoms with Crippen LogP contribution in [0.4, 0.5) is 5.69 Å². The van der Waals surface area contributed by atoms with Gasteiger partial charge in [0.05, 0.1) is 29.4 Å². The molecule has 0 atom stereocenters. The Kier molecular flexibility index (Phi) is 2.45. The zero-order chi connectivity index (χ0) is 12.0. The average molecular weight is 249 g/mol. The van der Waals surface area contributed by atoms with Crippen LogP contribution in [0.15, 0.2) is 12.1 Å². The second kappa shape index (κ2) is 3.86. The van der Waals surface area contributed by atoms with Gasteiger partial charge in [-0.25, -0.2) is 0 Å². The molecule has 2 heterocycles. The summed E-state index contributed by atoms with van der Waals surface area (Å²) in [5, 5.41) is 1.62. The molecule has 3 nitrogen and oxygen atoms in total. The second-order valence-electron chi connectivity index (χ2n) is 4.34. The number of aromatic nitrogens is 1. The van der Waals surface area contributed by atoms with Crippen LogP contribution in [0.3, 0.4) is 0 Å². The van der Waals surface area contributed by atoms with Crippen LogP contribution in [0.5, 0.6) is 0 Å². The molecule has 17 heavy (non-hydrogen) atoms. The highest BCUT2D eigenvalue weighted by molar-refractivity contribution is 6.35. The molecular weight excluding hydrogens is 236 g/mol. The van der Waals surface area contributed by atoms with Gasteiger partial charge in [-0.15, -0.1) is 0 Å². The lowest BCUT2D eigenvalue weighted by Gasteiger charge is -2.20. The van der Waals surface area contributed by atoms with Crippen LogP contribution in [0, 0.1) is 6.92 Å². The van der Waals surface area contributed by atoms with Crippen LogP contribution in [0.25, 0.3) is 10.9 Å². The second-order valence-corrected chi connectivity index (χ2v) is 4.75. The summed E-state index contributed by atoms with van der Waals surface area (Å²) >= 11 is 6.19. The Bertz CT molecular complexity index is 610. The molecule has 2 N–H and O–H groups in total. The molecular formula is C13H13ClN2O. The van der Waals surface area contributed by atoms with E-state index < -0.39 is 0 Å². The molecule has 3 rings (SSSR count). The van der Waals surface area contributed by atoms with Crippen LogP contribution in [0.1, 0.15) is 16.8 Å². The lowest BCUT2D eigenvalue weighted by Crippen LogP contribution is -2.14. The molecule has 0 fully saturated rings. The smallest absolute Gasteiger partial charge is 0.0915 e. The number of nitrogens with zero attached hydrogens (tertiary/aromatic N) is 1. The standard InChI is InChI=1S/C13H13ClN2O/c1-7-2-3-9(14)13-11(7)12(15)8-6-17-5-4-10(8)16-13/h2-3H,4-6H2,1H3,(H2,15,16). The van der Waals surface area contributed by atoms with Gasteiger partial charge in [0.2, 0.25) is 0 Å². The zero-order valence-electron chi connectivity index (χ0n) is 9.59. The number of aryl methyl sites for hydroxylation is 1. The molecule has 0 amide bonds. The maximum absolute atomic E-state index is 6.23. The van der Waals surface area contributed by atoms with E-state index in [0.717, 1.165) is 39.8 Å². The van der Waals surface area contributed by atoms with E-state index in [0.29, 0.717) is 18.2 Å². The molecule has 1 aromatic heterocycles. The summed E-state index contributed by atoms with van der Waals surface area (Å²) < 4.78 is 5.44. The Labute approximate surface area is 105 Å². The minimum absolute atomic E-state index is 0.552. The Morgan fingerprint density at radius 3 is 3.06 bits per heavy atom. The molecule has 0 bridgehead atoms.